The highest BCUT2D eigenvalue weighted by atomic mass is 35.5. The maximum atomic E-state index is 10.7. The van der Waals surface area contributed by atoms with Crippen molar-refractivity contribution in [2.75, 3.05) is 12.5 Å². The third-order valence-electron chi connectivity index (χ3n) is 1.74. The molecule has 0 aromatic carbocycles. The van der Waals surface area contributed by atoms with Crippen LogP contribution in [-0.4, -0.2) is 30.5 Å². The molecule has 0 heterocycles. The molecule has 0 saturated heterocycles. The molecule has 0 fully saturated rings. The van der Waals surface area contributed by atoms with E-state index in [0.29, 0.717) is 31.7 Å². The molecular formula is C10H17ClO4. The van der Waals surface area contributed by atoms with Crippen molar-refractivity contribution in [1.29, 1.82) is 0 Å². The highest BCUT2D eigenvalue weighted by Gasteiger charge is 2.11. The summed E-state index contributed by atoms with van der Waals surface area (Å²) >= 11 is 5.57. The van der Waals surface area contributed by atoms with Gasteiger partial charge in [0, 0.05) is 19.7 Å². The standard InChI is InChI=1S/C10H17ClO4/c1-8(12)14-7-3-4-10(5-6-11)15-9(2)13/h10H,3-7H2,1-2H3/t10-/m1/s1. The number of ether oxygens (including phenoxy) is 2. The van der Waals surface area contributed by atoms with Gasteiger partial charge in [-0.05, 0) is 19.3 Å². The van der Waals surface area contributed by atoms with Crippen LogP contribution in [0.15, 0.2) is 0 Å². The Morgan fingerprint density at radius 3 is 2.33 bits per heavy atom. The van der Waals surface area contributed by atoms with Crippen LogP contribution in [0.5, 0.6) is 0 Å². The topological polar surface area (TPSA) is 52.6 Å². The van der Waals surface area contributed by atoms with Crippen LogP contribution in [-0.2, 0) is 19.1 Å². The molecule has 0 amide bonds. The number of carbonyl (C=O) groups excluding carboxylic acids is 2. The van der Waals surface area contributed by atoms with Gasteiger partial charge in [-0.15, -0.1) is 11.6 Å². The second kappa shape index (κ2) is 8.53. The zero-order valence-electron chi connectivity index (χ0n) is 9.12. The lowest BCUT2D eigenvalue weighted by atomic mass is 10.1. The monoisotopic (exact) mass is 236 g/mol. The lowest BCUT2D eigenvalue weighted by Crippen LogP contribution is -2.17. The van der Waals surface area contributed by atoms with Gasteiger partial charge in [0.1, 0.15) is 6.10 Å². The maximum Gasteiger partial charge on any atom is 0.302 e. The number of halogens is 1. The predicted molar refractivity (Wildman–Crippen MR) is 56.8 cm³/mol. The Labute approximate surface area is 94.9 Å². The summed E-state index contributed by atoms with van der Waals surface area (Å²) in [5.41, 5.74) is 0. The van der Waals surface area contributed by atoms with Crippen molar-refractivity contribution >= 4 is 23.5 Å². The van der Waals surface area contributed by atoms with E-state index in [4.69, 9.17) is 21.1 Å². The fourth-order valence-electron chi connectivity index (χ4n) is 1.15. The second-order valence-electron chi connectivity index (χ2n) is 3.19. The summed E-state index contributed by atoms with van der Waals surface area (Å²) in [6.45, 7) is 3.09. The van der Waals surface area contributed by atoms with Crippen LogP contribution in [0, 0.1) is 0 Å². The van der Waals surface area contributed by atoms with E-state index in [9.17, 15) is 9.59 Å². The smallest absolute Gasteiger partial charge is 0.302 e. The molecule has 5 heteroatoms. The first-order chi connectivity index (χ1) is 7.06. The van der Waals surface area contributed by atoms with Crippen LogP contribution in [0.2, 0.25) is 0 Å². The van der Waals surface area contributed by atoms with Crippen molar-refractivity contribution in [1.82, 2.24) is 0 Å². The average molecular weight is 237 g/mol. The van der Waals surface area contributed by atoms with Crippen molar-refractivity contribution < 1.29 is 19.1 Å². The molecule has 0 N–H and O–H groups in total. The molecule has 0 bridgehead atoms. The molecule has 0 aliphatic carbocycles. The molecule has 0 unspecified atom stereocenters. The number of hydrogen-bond acceptors (Lipinski definition) is 4. The molecule has 0 aliphatic heterocycles. The van der Waals surface area contributed by atoms with E-state index in [1.807, 2.05) is 0 Å². The van der Waals surface area contributed by atoms with Crippen LogP contribution in [0.25, 0.3) is 0 Å². The van der Waals surface area contributed by atoms with E-state index < -0.39 is 0 Å². The Morgan fingerprint density at radius 2 is 1.87 bits per heavy atom. The molecule has 0 rings (SSSR count). The quantitative estimate of drug-likeness (QED) is 0.385. The summed E-state index contributed by atoms with van der Waals surface area (Å²) in [5.74, 6) is -0.153. The molecule has 88 valence electrons. The zero-order valence-corrected chi connectivity index (χ0v) is 9.88. The predicted octanol–water partition coefficient (Wildman–Crippen LogP) is 1.89. The fourth-order valence-corrected chi connectivity index (χ4v) is 1.39. The van der Waals surface area contributed by atoms with Gasteiger partial charge in [0.2, 0.25) is 0 Å². The fraction of sp³-hybridized carbons (Fsp3) is 0.800. The molecular weight excluding hydrogens is 220 g/mol. The van der Waals surface area contributed by atoms with Crippen molar-refractivity contribution in [3.8, 4) is 0 Å². The third-order valence-corrected chi connectivity index (χ3v) is 1.96. The van der Waals surface area contributed by atoms with Gasteiger partial charge in [-0.2, -0.15) is 0 Å². The lowest BCUT2D eigenvalue weighted by molar-refractivity contribution is -0.148. The second-order valence-corrected chi connectivity index (χ2v) is 3.57. The lowest BCUT2D eigenvalue weighted by Gasteiger charge is -2.15. The van der Waals surface area contributed by atoms with Crippen molar-refractivity contribution in [2.45, 2.75) is 39.2 Å². The summed E-state index contributed by atoms with van der Waals surface area (Å²) < 4.78 is 9.80. The van der Waals surface area contributed by atoms with E-state index in [1.54, 1.807) is 0 Å². The SMILES string of the molecule is CC(=O)OCCC[C@H](CCCl)OC(C)=O. The normalized spacial score (nSPS) is 11.9. The Morgan fingerprint density at radius 1 is 1.20 bits per heavy atom. The summed E-state index contributed by atoms with van der Waals surface area (Å²) in [6, 6.07) is 0. The first kappa shape index (κ1) is 14.2. The van der Waals surface area contributed by atoms with Gasteiger partial charge in [-0.1, -0.05) is 0 Å². The molecule has 1 atom stereocenters. The maximum absolute atomic E-state index is 10.7. The van der Waals surface area contributed by atoms with Crippen LogP contribution < -0.4 is 0 Å². The van der Waals surface area contributed by atoms with Crippen molar-refractivity contribution in [3.05, 3.63) is 0 Å². The molecule has 4 nitrogen and oxygen atoms in total. The van der Waals surface area contributed by atoms with Gasteiger partial charge in [0.25, 0.3) is 0 Å². The summed E-state index contributed by atoms with van der Waals surface area (Å²) in [7, 11) is 0. The Kier molecular flexibility index (Phi) is 8.09. The number of hydrogen-bond donors (Lipinski definition) is 0. The van der Waals surface area contributed by atoms with E-state index >= 15 is 0 Å². The van der Waals surface area contributed by atoms with Gasteiger partial charge in [-0.25, -0.2) is 0 Å². The molecule has 0 spiro atoms. The van der Waals surface area contributed by atoms with Gasteiger partial charge in [-0.3, -0.25) is 9.59 Å². The molecule has 0 aromatic heterocycles. The van der Waals surface area contributed by atoms with Gasteiger partial charge < -0.3 is 9.47 Å². The third kappa shape index (κ3) is 9.53. The van der Waals surface area contributed by atoms with Crippen LogP contribution >= 0.6 is 11.6 Å². The number of rotatable bonds is 7. The molecule has 0 aliphatic rings. The minimum absolute atomic E-state index is 0.171. The minimum atomic E-state index is -0.308. The Balaban J connectivity index is 3.65. The van der Waals surface area contributed by atoms with E-state index in [2.05, 4.69) is 0 Å². The van der Waals surface area contributed by atoms with E-state index in [0.717, 1.165) is 0 Å². The van der Waals surface area contributed by atoms with Gasteiger partial charge >= 0.3 is 11.9 Å². The van der Waals surface area contributed by atoms with Crippen LogP contribution in [0.4, 0.5) is 0 Å². The number of carbonyl (C=O) groups is 2. The largest absolute Gasteiger partial charge is 0.466 e. The molecule has 0 aromatic rings. The molecule has 15 heavy (non-hydrogen) atoms. The number of alkyl halides is 1. The minimum Gasteiger partial charge on any atom is -0.466 e. The van der Waals surface area contributed by atoms with Gasteiger partial charge in [0.15, 0.2) is 0 Å². The van der Waals surface area contributed by atoms with Gasteiger partial charge in [0.05, 0.1) is 6.61 Å². The highest BCUT2D eigenvalue weighted by Crippen LogP contribution is 2.08. The van der Waals surface area contributed by atoms with E-state index in [-0.39, 0.29) is 18.0 Å². The van der Waals surface area contributed by atoms with Crippen molar-refractivity contribution in [2.24, 2.45) is 0 Å². The first-order valence-corrected chi connectivity index (χ1v) is 5.46. The average Bonchev–Trinajstić information content (AvgIpc) is 2.11. The molecule has 0 saturated carbocycles. The van der Waals surface area contributed by atoms with E-state index in [1.165, 1.54) is 13.8 Å². The van der Waals surface area contributed by atoms with Crippen LogP contribution in [0.3, 0.4) is 0 Å². The first-order valence-electron chi connectivity index (χ1n) is 4.92. The number of esters is 2. The molecule has 0 radical (unpaired) electrons. The van der Waals surface area contributed by atoms with Crippen molar-refractivity contribution in [3.63, 3.8) is 0 Å². The summed E-state index contributed by atoms with van der Waals surface area (Å²) in [5, 5.41) is 0. The summed E-state index contributed by atoms with van der Waals surface area (Å²) in [6.07, 6.45) is 1.80. The Hall–Kier alpha value is -0.770. The Bertz CT molecular complexity index is 206. The summed E-state index contributed by atoms with van der Waals surface area (Å²) in [4.78, 5) is 21.2. The highest BCUT2D eigenvalue weighted by molar-refractivity contribution is 6.17. The zero-order chi connectivity index (χ0) is 11.7. The van der Waals surface area contributed by atoms with Crippen LogP contribution in [0.1, 0.15) is 33.1 Å².